The van der Waals surface area contributed by atoms with Crippen LogP contribution < -0.4 is 5.32 Å². The molecular formula is C23H19Cl2N3O. The highest BCUT2D eigenvalue weighted by molar-refractivity contribution is 6.42. The molecule has 4 rings (SSSR count). The molecule has 3 aromatic carbocycles. The minimum absolute atomic E-state index is 0.115. The number of fused-ring (bicyclic) bond motifs is 1. The highest BCUT2D eigenvalue weighted by Gasteiger charge is 2.14. The zero-order chi connectivity index (χ0) is 20.4. The predicted octanol–water partition coefficient (Wildman–Crippen LogP) is 5.63. The van der Waals surface area contributed by atoms with Gasteiger partial charge in [-0.3, -0.25) is 4.79 Å². The van der Waals surface area contributed by atoms with Gasteiger partial charge in [0.15, 0.2) is 0 Å². The molecule has 4 nitrogen and oxygen atoms in total. The van der Waals surface area contributed by atoms with Crippen LogP contribution in [0.1, 0.15) is 27.3 Å². The third kappa shape index (κ3) is 4.14. The molecule has 0 aliphatic carbocycles. The Kier molecular flexibility index (Phi) is 5.56. The molecule has 4 aromatic rings. The maximum Gasteiger partial charge on any atom is 0.251 e. The molecule has 0 spiro atoms. The van der Waals surface area contributed by atoms with Gasteiger partial charge in [-0.05, 0) is 48.4 Å². The molecule has 6 heteroatoms. The predicted molar refractivity (Wildman–Crippen MR) is 118 cm³/mol. The van der Waals surface area contributed by atoms with E-state index < -0.39 is 0 Å². The highest BCUT2D eigenvalue weighted by atomic mass is 35.5. The second kappa shape index (κ2) is 8.27. The lowest BCUT2D eigenvalue weighted by molar-refractivity contribution is 0.0949. The summed E-state index contributed by atoms with van der Waals surface area (Å²) in [5, 5.41) is 4.04. The number of nitrogens with zero attached hydrogens (tertiary/aromatic N) is 2. The van der Waals surface area contributed by atoms with Crippen molar-refractivity contribution in [2.24, 2.45) is 0 Å². The molecule has 0 unspecified atom stereocenters. The van der Waals surface area contributed by atoms with Crippen LogP contribution in [0.5, 0.6) is 0 Å². The van der Waals surface area contributed by atoms with E-state index in [9.17, 15) is 4.79 Å². The lowest BCUT2D eigenvalue weighted by atomic mass is 10.1. The zero-order valence-electron chi connectivity index (χ0n) is 15.8. The highest BCUT2D eigenvalue weighted by Crippen LogP contribution is 2.24. The number of nitrogens with one attached hydrogen (secondary N) is 1. The smallest absolute Gasteiger partial charge is 0.251 e. The van der Waals surface area contributed by atoms with Crippen LogP contribution in [0, 0.1) is 6.92 Å². The van der Waals surface area contributed by atoms with Crippen LogP contribution in [0.15, 0.2) is 66.7 Å². The summed E-state index contributed by atoms with van der Waals surface area (Å²) in [4.78, 5) is 17.4. The standard InChI is InChI=1S/C23H19Cl2N3O/c1-15-6-2-3-7-17(15)23(29)26-13-22-27-20-8-4-5-9-21(20)28(22)14-16-10-11-18(24)19(25)12-16/h2-12H,13-14H2,1H3,(H,26,29). The van der Waals surface area contributed by atoms with Crippen molar-refractivity contribution in [2.45, 2.75) is 20.0 Å². The molecule has 0 atom stereocenters. The van der Waals surface area contributed by atoms with E-state index in [4.69, 9.17) is 28.2 Å². The van der Waals surface area contributed by atoms with Gasteiger partial charge in [-0.25, -0.2) is 4.98 Å². The Morgan fingerprint density at radius 1 is 1.00 bits per heavy atom. The molecule has 1 amide bonds. The van der Waals surface area contributed by atoms with Crippen molar-refractivity contribution >= 4 is 40.1 Å². The number of rotatable bonds is 5. The van der Waals surface area contributed by atoms with E-state index in [-0.39, 0.29) is 5.91 Å². The zero-order valence-corrected chi connectivity index (χ0v) is 17.3. The summed E-state index contributed by atoms with van der Waals surface area (Å²) in [7, 11) is 0. The lowest BCUT2D eigenvalue weighted by Crippen LogP contribution is -2.25. The second-order valence-electron chi connectivity index (χ2n) is 6.85. The van der Waals surface area contributed by atoms with Crippen LogP contribution in [-0.4, -0.2) is 15.5 Å². The van der Waals surface area contributed by atoms with E-state index >= 15 is 0 Å². The van der Waals surface area contributed by atoms with Gasteiger partial charge >= 0.3 is 0 Å². The van der Waals surface area contributed by atoms with Gasteiger partial charge in [0.25, 0.3) is 5.91 Å². The van der Waals surface area contributed by atoms with E-state index in [2.05, 4.69) is 9.88 Å². The van der Waals surface area contributed by atoms with Crippen LogP contribution in [0.2, 0.25) is 10.0 Å². The summed E-state index contributed by atoms with van der Waals surface area (Å²) in [5.74, 6) is 0.662. The summed E-state index contributed by atoms with van der Waals surface area (Å²) < 4.78 is 2.09. The van der Waals surface area contributed by atoms with Gasteiger partial charge in [0.2, 0.25) is 0 Å². The Balaban J connectivity index is 1.63. The van der Waals surface area contributed by atoms with Crippen molar-refractivity contribution in [2.75, 3.05) is 0 Å². The molecule has 0 radical (unpaired) electrons. The third-order valence-corrected chi connectivity index (χ3v) is 5.59. The Morgan fingerprint density at radius 2 is 1.76 bits per heavy atom. The van der Waals surface area contributed by atoms with Crippen molar-refractivity contribution in [3.8, 4) is 0 Å². The molecule has 0 fully saturated rings. The van der Waals surface area contributed by atoms with E-state index in [1.165, 1.54) is 0 Å². The van der Waals surface area contributed by atoms with Gasteiger partial charge in [-0.2, -0.15) is 0 Å². The second-order valence-corrected chi connectivity index (χ2v) is 7.66. The fourth-order valence-corrected chi connectivity index (χ4v) is 3.66. The first kappa shape index (κ1) is 19.5. The number of benzene rings is 3. The largest absolute Gasteiger partial charge is 0.345 e. The van der Waals surface area contributed by atoms with Gasteiger partial charge < -0.3 is 9.88 Å². The number of hydrogen-bond acceptors (Lipinski definition) is 2. The van der Waals surface area contributed by atoms with Gasteiger partial charge in [-0.1, -0.05) is 59.6 Å². The van der Waals surface area contributed by atoms with Crippen molar-refractivity contribution in [3.05, 3.63) is 99.3 Å². The molecule has 0 aliphatic rings. The average molecular weight is 424 g/mol. The summed E-state index contributed by atoms with van der Waals surface area (Å²) in [6, 6.07) is 21.0. The number of imidazole rings is 1. The summed E-state index contributed by atoms with van der Waals surface area (Å²) in [6.45, 7) is 2.82. The number of carbonyl (C=O) groups excluding carboxylic acids is 1. The fraction of sp³-hybridized carbons (Fsp3) is 0.130. The monoisotopic (exact) mass is 423 g/mol. The molecule has 0 bridgehead atoms. The van der Waals surface area contributed by atoms with Crippen molar-refractivity contribution in [1.29, 1.82) is 0 Å². The normalized spacial score (nSPS) is 11.0. The van der Waals surface area contributed by atoms with Crippen molar-refractivity contribution in [1.82, 2.24) is 14.9 Å². The molecule has 1 aromatic heterocycles. The molecule has 1 heterocycles. The minimum atomic E-state index is -0.115. The van der Waals surface area contributed by atoms with E-state index in [0.717, 1.165) is 28.0 Å². The minimum Gasteiger partial charge on any atom is -0.345 e. The number of hydrogen-bond donors (Lipinski definition) is 1. The summed E-state index contributed by atoms with van der Waals surface area (Å²) in [5.41, 5.74) is 4.49. The molecule has 0 saturated carbocycles. The first-order valence-electron chi connectivity index (χ1n) is 9.25. The molecular weight excluding hydrogens is 405 g/mol. The van der Waals surface area contributed by atoms with Gasteiger partial charge in [0, 0.05) is 12.1 Å². The van der Waals surface area contributed by atoms with E-state index in [1.54, 1.807) is 6.07 Å². The molecule has 0 saturated heterocycles. The average Bonchev–Trinajstić information content (AvgIpc) is 3.07. The molecule has 146 valence electrons. The number of carbonyl (C=O) groups is 1. The molecule has 0 aliphatic heterocycles. The Bertz CT molecular complexity index is 1200. The SMILES string of the molecule is Cc1ccccc1C(=O)NCc1nc2ccccc2n1Cc1ccc(Cl)c(Cl)c1. The summed E-state index contributed by atoms with van der Waals surface area (Å²) in [6.07, 6.45) is 0. The van der Waals surface area contributed by atoms with Crippen LogP contribution >= 0.6 is 23.2 Å². The van der Waals surface area contributed by atoms with Crippen LogP contribution in [0.25, 0.3) is 11.0 Å². The third-order valence-electron chi connectivity index (χ3n) is 4.86. The Morgan fingerprint density at radius 3 is 2.55 bits per heavy atom. The maximum absolute atomic E-state index is 12.6. The van der Waals surface area contributed by atoms with Crippen LogP contribution in [-0.2, 0) is 13.1 Å². The molecule has 29 heavy (non-hydrogen) atoms. The number of amides is 1. The topological polar surface area (TPSA) is 46.9 Å². The van der Waals surface area contributed by atoms with Gasteiger partial charge in [0.05, 0.1) is 27.6 Å². The quantitative estimate of drug-likeness (QED) is 0.451. The summed E-state index contributed by atoms with van der Waals surface area (Å²) >= 11 is 12.2. The van der Waals surface area contributed by atoms with E-state index in [0.29, 0.717) is 28.7 Å². The number of halogens is 2. The van der Waals surface area contributed by atoms with Gasteiger partial charge in [-0.15, -0.1) is 0 Å². The van der Waals surface area contributed by atoms with E-state index in [1.807, 2.05) is 67.6 Å². The molecule has 1 N–H and O–H groups in total. The number of aromatic nitrogens is 2. The van der Waals surface area contributed by atoms with Crippen molar-refractivity contribution in [3.63, 3.8) is 0 Å². The first-order valence-corrected chi connectivity index (χ1v) is 10.0. The van der Waals surface area contributed by atoms with Crippen LogP contribution in [0.3, 0.4) is 0 Å². The maximum atomic E-state index is 12.6. The lowest BCUT2D eigenvalue weighted by Gasteiger charge is -2.12. The van der Waals surface area contributed by atoms with Crippen LogP contribution in [0.4, 0.5) is 0 Å². The number of para-hydroxylation sites is 2. The Hall–Kier alpha value is -2.82. The first-order chi connectivity index (χ1) is 14.0. The Labute approximate surface area is 179 Å². The van der Waals surface area contributed by atoms with Crippen molar-refractivity contribution < 1.29 is 4.79 Å². The fourth-order valence-electron chi connectivity index (χ4n) is 3.34. The number of aryl methyl sites for hydroxylation is 1. The van der Waals surface area contributed by atoms with Gasteiger partial charge in [0.1, 0.15) is 5.82 Å².